The van der Waals surface area contributed by atoms with E-state index in [4.69, 9.17) is 27.9 Å². The molecule has 0 bridgehead atoms. The van der Waals surface area contributed by atoms with Crippen molar-refractivity contribution in [3.8, 4) is 0 Å². The zero-order chi connectivity index (χ0) is 22.0. The Morgan fingerprint density at radius 2 is 1.80 bits per heavy atom. The molecule has 0 saturated heterocycles. The lowest BCUT2D eigenvalue weighted by molar-refractivity contribution is -0.123. The highest BCUT2D eigenvalue weighted by Gasteiger charge is 2.24. The van der Waals surface area contributed by atoms with Gasteiger partial charge in [-0.25, -0.2) is 14.5 Å². The highest BCUT2D eigenvalue weighted by Crippen LogP contribution is 2.23. The average molecular weight is 449 g/mol. The fourth-order valence-electron chi connectivity index (χ4n) is 2.70. The molecule has 0 spiro atoms. The van der Waals surface area contributed by atoms with Crippen molar-refractivity contribution in [2.24, 2.45) is 0 Å². The number of nitrogens with zero attached hydrogens (tertiary/aromatic N) is 3. The molecule has 0 aliphatic heterocycles. The van der Waals surface area contributed by atoms with Crippen LogP contribution >= 0.6 is 23.2 Å². The van der Waals surface area contributed by atoms with E-state index >= 15 is 0 Å². The molecule has 0 aliphatic carbocycles. The monoisotopic (exact) mass is 448 g/mol. The second kappa shape index (κ2) is 8.81. The number of benzene rings is 1. The number of carbonyl (C=O) groups is 2. The first-order valence-electron chi connectivity index (χ1n) is 9.03. The largest absolute Gasteiger partial charge is 0.448 e. The molecule has 0 radical (unpaired) electrons. The molecule has 0 aliphatic rings. The third kappa shape index (κ3) is 4.44. The smallest absolute Gasteiger partial charge is 0.360 e. The number of amides is 1. The van der Waals surface area contributed by atoms with Crippen LogP contribution < -0.4 is 10.9 Å². The van der Waals surface area contributed by atoms with E-state index in [-0.39, 0.29) is 28.1 Å². The first-order valence-corrected chi connectivity index (χ1v) is 9.79. The van der Waals surface area contributed by atoms with E-state index in [1.807, 2.05) is 0 Å². The number of pyridine rings is 1. The number of ether oxygens (including phenoxy) is 1. The number of aromatic nitrogens is 3. The van der Waals surface area contributed by atoms with Gasteiger partial charge in [-0.3, -0.25) is 9.59 Å². The molecule has 8 nitrogen and oxygen atoms in total. The summed E-state index contributed by atoms with van der Waals surface area (Å²) in [5.41, 5.74) is -0.368. The quantitative estimate of drug-likeness (QED) is 0.594. The number of nitrogens with one attached hydrogen (secondary N) is 1. The molecule has 1 aromatic carbocycles. The number of hydrogen-bond donors (Lipinski definition) is 1. The molecule has 2 aromatic heterocycles. The van der Waals surface area contributed by atoms with Gasteiger partial charge in [0, 0.05) is 11.6 Å². The minimum absolute atomic E-state index is 0.0544. The van der Waals surface area contributed by atoms with Crippen LogP contribution in [0.4, 0.5) is 5.82 Å². The molecule has 0 saturated carbocycles. The van der Waals surface area contributed by atoms with Crippen molar-refractivity contribution in [1.82, 2.24) is 14.8 Å². The topological polar surface area (TPSA) is 103 Å². The Bertz CT molecular complexity index is 1190. The molecule has 0 unspecified atom stereocenters. The average Bonchev–Trinajstić information content (AvgIpc) is 2.70. The number of esters is 1. The second-order valence-corrected chi connectivity index (χ2v) is 7.60. The van der Waals surface area contributed by atoms with Crippen molar-refractivity contribution in [2.75, 3.05) is 5.32 Å². The molecule has 1 N–H and O–H groups in total. The molecule has 3 rings (SSSR count). The van der Waals surface area contributed by atoms with Crippen LogP contribution in [0, 0.1) is 0 Å². The highest BCUT2D eigenvalue weighted by atomic mass is 35.5. The first kappa shape index (κ1) is 21.7. The van der Waals surface area contributed by atoms with Crippen molar-refractivity contribution in [3.63, 3.8) is 0 Å². The van der Waals surface area contributed by atoms with Crippen molar-refractivity contribution >= 4 is 51.7 Å². The van der Waals surface area contributed by atoms with Gasteiger partial charge in [0.2, 0.25) is 0 Å². The Morgan fingerprint density at radius 1 is 1.13 bits per heavy atom. The van der Waals surface area contributed by atoms with Crippen LogP contribution in [0.15, 0.2) is 41.3 Å². The van der Waals surface area contributed by atoms with Crippen LogP contribution in [0.2, 0.25) is 10.0 Å². The summed E-state index contributed by atoms with van der Waals surface area (Å²) in [4.78, 5) is 41.7. The lowest BCUT2D eigenvalue weighted by Crippen LogP contribution is -2.32. The fraction of sp³-hybridized carbons (Fsp3) is 0.250. The molecular weight excluding hydrogens is 431 g/mol. The Balaban J connectivity index is 1.86. The lowest BCUT2D eigenvalue weighted by Gasteiger charge is -2.16. The summed E-state index contributed by atoms with van der Waals surface area (Å²) in [6, 6.07) is 7.75. The standard InChI is InChI=1S/C20H18Cl2N4O4/c1-10(2)26-19(28)14-7-5-4-6-13(14)16(25-26)20(29)30-11(3)18(27)24-17-15(22)8-12(21)9-23-17/h4-11H,1-3H3,(H,23,24,27)/t11-/m0/s1. The van der Waals surface area contributed by atoms with E-state index in [2.05, 4.69) is 15.4 Å². The van der Waals surface area contributed by atoms with Gasteiger partial charge in [0.1, 0.15) is 0 Å². The van der Waals surface area contributed by atoms with Gasteiger partial charge in [-0.1, -0.05) is 41.4 Å². The minimum Gasteiger partial charge on any atom is -0.448 e. The molecule has 1 amide bonds. The zero-order valence-corrected chi connectivity index (χ0v) is 17.9. The van der Waals surface area contributed by atoms with E-state index < -0.39 is 18.0 Å². The van der Waals surface area contributed by atoms with Crippen molar-refractivity contribution in [3.05, 3.63) is 62.6 Å². The van der Waals surface area contributed by atoms with Crippen LogP contribution in [-0.2, 0) is 9.53 Å². The SMILES string of the molecule is CC(C)n1nc(C(=O)O[C@@H](C)C(=O)Nc2ncc(Cl)cc2Cl)c2ccccc2c1=O. The normalized spacial score (nSPS) is 12.1. The number of rotatable bonds is 5. The van der Waals surface area contributed by atoms with E-state index in [1.54, 1.807) is 38.1 Å². The molecule has 156 valence electrons. The third-order valence-electron chi connectivity index (χ3n) is 4.21. The van der Waals surface area contributed by atoms with Gasteiger partial charge in [0.15, 0.2) is 17.6 Å². The maximum Gasteiger partial charge on any atom is 0.360 e. The van der Waals surface area contributed by atoms with Crippen molar-refractivity contribution in [2.45, 2.75) is 32.9 Å². The molecule has 10 heteroatoms. The molecule has 3 aromatic rings. The summed E-state index contributed by atoms with van der Waals surface area (Å²) < 4.78 is 6.50. The van der Waals surface area contributed by atoms with Crippen LogP contribution in [0.3, 0.4) is 0 Å². The van der Waals surface area contributed by atoms with E-state index in [1.165, 1.54) is 23.9 Å². The Labute approximate surface area is 181 Å². The summed E-state index contributed by atoms with van der Waals surface area (Å²) in [6.07, 6.45) is 0.149. The van der Waals surface area contributed by atoms with Crippen molar-refractivity contribution < 1.29 is 14.3 Å². The van der Waals surface area contributed by atoms with Crippen LogP contribution in [0.5, 0.6) is 0 Å². The molecular formula is C20H18Cl2N4O4. The number of halogens is 2. The maximum atomic E-state index is 12.8. The van der Waals surface area contributed by atoms with Gasteiger partial charge in [0.25, 0.3) is 11.5 Å². The molecule has 30 heavy (non-hydrogen) atoms. The number of hydrogen-bond acceptors (Lipinski definition) is 6. The third-order valence-corrected chi connectivity index (χ3v) is 4.71. The van der Waals surface area contributed by atoms with Crippen LogP contribution in [0.25, 0.3) is 10.8 Å². The Morgan fingerprint density at radius 3 is 2.43 bits per heavy atom. The summed E-state index contributed by atoms with van der Waals surface area (Å²) in [7, 11) is 0. The highest BCUT2D eigenvalue weighted by molar-refractivity contribution is 6.36. The van der Waals surface area contributed by atoms with Gasteiger partial charge in [-0.15, -0.1) is 0 Å². The first-order chi connectivity index (χ1) is 14.2. The van der Waals surface area contributed by atoms with Crippen LogP contribution in [0.1, 0.15) is 37.3 Å². The molecule has 2 heterocycles. The predicted molar refractivity (Wildman–Crippen MR) is 114 cm³/mol. The summed E-state index contributed by atoms with van der Waals surface area (Å²) in [6.45, 7) is 4.95. The Kier molecular flexibility index (Phi) is 6.38. The van der Waals surface area contributed by atoms with Crippen LogP contribution in [-0.4, -0.2) is 32.7 Å². The number of fused-ring (bicyclic) bond motifs is 1. The predicted octanol–water partition coefficient (Wildman–Crippen LogP) is 3.86. The van der Waals surface area contributed by atoms with Gasteiger partial charge in [-0.2, -0.15) is 5.10 Å². The van der Waals surface area contributed by atoms with E-state index in [0.29, 0.717) is 15.8 Å². The van der Waals surface area contributed by atoms with Gasteiger partial charge in [-0.05, 0) is 32.9 Å². The van der Waals surface area contributed by atoms with E-state index in [9.17, 15) is 14.4 Å². The minimum atomic E-state index is -1.17. The van der Waals surface area contributed by atoms with Gasteiger partial charge < -0.3 is 10.1 Å². The van der Waals surface area contributed by atoms with Gasteiger partial charge in [0.05, 0.1) is 21.5 Å². The van der Waals surface area contributed by atoms with E-state index in [0.717, 1.165) is 0 Å². The molecule has 1 atom stereocenters. The summed E-state index contributed by atoms with van der Waals surface area (Å²) in [5.74, 6) is -1.38. The van der Waals surface area contributed by atoms with Gasteiger partial charge >= 0.3 is 5.97 Å². The number of anilines is 1. The second-order valence-electron chi connectivity index (χ2n) is 6.76. The fourth-order valence-corrected chi connectivity index (χ4v) is 3.13. The molecule has 0 fully saturated rings. The lowest BCUT2D eigenvalue weighted by atomic mass is 10.1. The number of carbonyl (C=O) groups excluding carboxylic acids is 2. The maximum absolute atomic E-state index is 12.8. The summed E-state index contributed by atoms with van der Waals surface area (Å²) in [5, 5.41) is 7.79. The summed E-state index contributed by atoms with van der Waals surface area (Å²) >= 11 is 11.8. The van der Waals surface area contributed by atoms with Crippen molar-refractivity contribution in [1.29, 1.82) is 0 Å². The Hall–Kier alpha value is -2.97. The zero-order valence-electron chi connectivity index (χ0n) is 16.3.